The van der Waals surface area contributed by atoms with Crippen molar-refractivity contribution in [3.05, 3.63) is 65.7 Å². The third-order valence-corrected chi connectivity index (χ3v) is 6.94. The van der Waals surface area contributed by atoms with Gasteiger partial charge in [-0.2, -0.15) is 13.2 Å². The maximum atomic E-state index is 12.8. The number of piperidine rings is 1. The lowest BCUT2D eigenvalue weighted by molar-refractivity contribution is -0.137. The Morgan fingerprint density at radius 1 is 1.06 bits per heavy atom. The standard InChI is InChI=1S/C24H26F3N5/c1-31-21(29-30-22(31)17-7-3-2-4-8-17)9-5-6-12-32-15-19-13-23(19,16-32)20-11-10-18(14-28-20)24(25,26)27/h2-4,7-8,10-11,14,19H,5-6,9,12-13,15-16H2,1H3/t19-,23-/m1/s1. The lowest BCUT2D eigenvalue weighted by Crippen LogP contribution is -2.28. The van der Waals surface area contributed by atoms with Gasteiger partial charge in [0.25, 0.3) is 0 Å². The highest BCUT2D eigenvalue weighted by molar-refractivity contribution is 5.54. The van der Waals surface area contributed by atoms with Gasteiger partial charge in [0.05, 0.1) is 5.56 Å². The summed E-state index contributed by atoms with van der Waals surface area (Å²) in [4.78, 5) is 6.61. The van der Waals surface area contributed by atoms with Crippen molar-refractivity contribution in [3.8, 4) is 11.4 Å². The van der Waals surface area contributed by atoms with Gasteiger partial charge in [-0.1, -0.05) is 30.3 Å². The minimum Gasteiger partial charge on any atom is -0.314 e. The molecule has 1 saturated carbocycles. The summed E-state index contributed by atoms with van der Waals surface area (Å²) in [5.74, 6) is 2.38. The molecule has 5 nitrogen and oxygen atoms in total. The molecule has 0 radical (unpaired) electrons. The molecule has 2 atom stereocenters. The summed E-state index contributed by atoms with van der Waals surface area (Å²) in [5, 5.41) is 8.71. The van der Waals surface area contributed by atoms with Crippen LogP contribution in [0.25, 0.3) is 11.4 Å². The Labute approximate surface area is 185 Å². The second-order valence-electron chi connectivity index (χ2n) is 9.04. The molecular weight excluding hydrogens is 415 g/mol. The molecule has 2 aromatic heterocycles. The number of likely N-dealkylation sites (tertiary alicyclic amines) is 1. The van der Waals surface area contributed by atoms with Crippen LogP contribution in [0.5, 0.6) is 0 Å². The number of halogens is 3. The monoisotopic (exact) mass is 441 g/mol. The molecule has 1 aliphatic heterocycles. The van der Waals surface area contributed by atoms with Crippen molar-refractivity contribution in [2.24, 2.45) is 13.0 Å². The van der Waals surface area contributed by atoms with Crippen molar-refractivity contribution in [1.82, 2.24) is 24.6 Å². The van der Waals surface area contributed by atoms with Crippen molar-refractivity contribution in [1.29, 1.82) is 0 Å². The Kier molecular flexibility index (Phi) is 5.28. The molecule has 0 bridgehead atoms. The fraction of sp³-hybridized carbons (Fsp3) is 0.458. The highest BCUT2D eigenvalue weighted by atomic mass is 19.4. The van der Waals surface area contributed by atoms with E-state index in [9.17, 15) is 13.2 Å². The Hall–Kier alpha value is -2.74. The van der Waals surface area contributed by atoms with E-state index in [0.29, 0.717) is 5.92 Å². The van der Waals surface area contributed by atoms with Crippen molar-refractivity contribution < 1.29 is 13.2 Å². The maximum absolute atomic E-state index is 12.8. The smallest absolute Gasteiger partial charge is 0.314 e. The van der Waals surface area contributed by atoms with E-state index in [2.05, 4.69) is 24.6 Å². The molecule has 0 unspecified atom stereocenters. The van der Waals surface area contributed by atoms with Crippen LogP contribution in [0.2, 0.25) is 0 Å². The fourth-order valence-corrected chi connectivity index (χ4v) is 5.05. The first-order chi connectivity index (χ1) is 15.4. The number of nitrogens with zero attached hydrogens (tertiary/aromatic N) is 5. The number of fused-ring (bicyclic) bond motifs is 1. The number of unbranched alkanes of at least 4 members (excludes halogenated alkanes) is 1. The molecular formula is C24H26F3N5. The number of benzene rings is 1. The van der Waals surface area contributed by atoms with Gasteiger partial charge in [0.15, 0.2) is 5.82 Å². The number of hydrogen-bond acceptors (Lipinski definition) is 4. The van der Waals surface area contributed by atoms with Crippen LogP contribution in [0.4, 0.5) is 13.2 Å². The summed E-state index contributed by atoms with van der Waals surface area (Å²) in [5.41, 5.74) is 1.15. The Balaban J connectivity index is 1.12. The van der Waals surface area contributed by atoms with Gasteiger partial charge < -0.3 is 9.47 Å². The summed E-state index contributed by atoms with van der Waals surface area (Å²) >= 11 is 0. The van der Waals surface area contributed by atoms with Crippen LogP contribution in [0.3, 0.4) is 0 Å². The average molecular weight is 442 g/mol. The van der Waals surface area contributed by atoms with Crippen LogP contribution in [-0.4, -0.2) is 44.3 Å². The molecule has 32 heavy (non-hydrogen) atoms. The minimum atomic E-state index is -4.33. The van der Waals surface area contributed by atoms with Crippen molar-refractivity contribution in [2.45, 2.75) is 37.3 Å². The van der Waals surface area contributed by atoms with E-state index in [-0.39, 0.29) is 5.41 Å². The molecule has 8 heteroatoms. The largest absolute Gasteiger partial charge is 0.417 e. The van der Waals surface area contributed by atoms with Crippen molar-refractivity contribution >= 4 is 0 Å². The SMILES string of the molecule is Cn1c(CCCCN2C[C@H]3C[C@@]3(c3ccc(C(F)(F)F)cn3)C2)nnc1-c1ccccc1. The Morgan fingerprint density at radius 2 is 1.88 bits per heavy atom. The first-order valence-corrected chi connectivity index (χ1v) is 11.1. The quantitative estimate of drug-likeness (QED) is 0.507. The van der Waals surface area contributed by atoms with Crippen LogP contribution in [0.15, 0.2) is 48.7 Å². The second kappa shape index (κ2) is 7.99. The van der Waals surface area contributed by atoms with E-state index in [1.165, 1.54) is 6.07 Å². The summed E-state index contributed by atoms with van der Waals surface area (Å²) in [6.07, 6.45) is 0.623. The first-order valence-electron chi connectivity index (χ1n) is 11.1. The molecule has 0 spiro atoms. The summed E-state index contributed by atoms with van der Waals surface area (Å²) in [6.45, 7) is 2.88. The number of aryl methyl sites for hydroxylation is 1. The van der Waals surface area contributed by atoms with Gasteiger partial charge in [-0.05, 0) is 43.9 Å². The zero-order valence-electron chi connectivity index (χ0n) is 18.0. The van der Waals surface area contributed by atoms with Gasteiger partial charge in [-0.15, -0.1) is 10.2 Å². The normalized spacial score (nSPS) is 22.8. The zero-order valence-corrected chi connectivity index (χ0v) is 18.0. The average Bonchev–Trinajstić information content (AvgIpc) is 3.16. The van der Waals surface area contributed by atoms with Gasteiger partial charge in [0.2, 0.25) is 0 Å². The van der Waals surface area contributed by atoms with Gasteiger partial charge in [0.1, 0.15) is 5.82 Å². The number of hydrogen-bond donors (Lipinski definition) is 0. The first kappa shape index (κ1) is 21.1. The molecule has 1 aromatic carbocycles. The number of alkyl halides is 3. The second-order valence-corrected chi connectivity index (χ2v) is 9.04. The molecule has 3 heterocycles. The van der Waals surface area contributed by atoms with Gasteiger partial charge >= 0.3 is 6.18 Å². The number of pyridine rings is 1. The van der Waals surface area contributed by atoms with E-state index in [1.54, 1.807) is 6.07 Å². The number of aromatic nitrogens is 4. The van der Waals surface area contributed by atoms with Crippen LogP contribution < -0.4 is 0 Å². The van der Waals surface area contributed by atoms with E-state index in [1.807, 2.05) is 37.4 Å². The van der Waals surface area contributed by atoms with Gasteiger partial charge in [0, 0.05) is 49.4 Å². The summed E-state index contributed by atoms with van der Waals surface area (Å²) in [7, 11) is 2.01. The maximum Gasteiger partial charge on any atom is 0.417 e. The predicted octanol–water partition coefficient (Wildman–Crippen LogP) is 4.49. The molecule has 2 aliphatic rings. The third kappa shape index (κ3) is 3.92. The van der Waals surface area contributed by atoms with Crippen LogP contribution >= 0.6 is 0 Å². The lowest BCUT2D eigenvalue weighted by Gasteiger charge is -2.20. The van der Waals surface area contributed by atoms with Crippen molar-refractivity contribution in [3.63, 3.8) is 0 Å². The van der Waals surface area contributed by atoms with Gasteiger partial charge in [-0.25, -0.2) is 0 Å². The molecule has 2 fully saturated rings. The molecule has 3 aromatic rings. The Bertz CT molecular complexity index is 1080. The highest BCUT2D eigenvalue weighted by Gasteiger charge is 2.61. The lowest BCUT2D eigenvalue weighted by atomic mass is 10.00. The molecule has 168 valence electrons. The van der Waals surface area contributed by atoms with E-state index < -0.39 is 11.7 Å². The van der Waals surface area contributed by atoms with E-state index in [0.717, 1.165) is 74.4 Å². The third-order valence-electron chi connectivity index (χ3n) is 6.94. The predicted molar refractivity (Wildman–Crippen MR) is 115 cm³/mol. The molecule has 0 amide bonds. The molecule has 0 N–H and O–H groups in total. The number of rotatable bonds is 7. The Morgan fingerprint density at radius 3 is 2.59 bits per heavy atom. The van der Waals surface area contributed by atoms with E-state index >= 15 is 0 Å². The molecule has 1 saturated heterocycles. The van der Waals surface area contributed by atoms with Crippen LogP contribution in [0.1, 0.15) is 36.3 Å². The fourth-order valence-electron chi connectivity index (χ4n) is 5.05. The zero-order chi connectivity index (χ0) is 22.3. The van der Waals surface area contributed by atoms with E-state index in [4.69, 9.17) is 0 Å². The van der Waals surface area contributed by atoms with Crippen LogP contribution in [-0.2, 0) is 25.1 Å². The highest BCUT2D eigenvalue weighted by Crippen LogP contribution is 2.58. The summed E-state index contributed by atoms with van der Waals surface area (Å²) < 4.78 is 40.5. The van der Waals surface area contributed by atoms with Crippen molar-refractivity contribution in [2.75, 3.05) is 19.6 Å². The molecule has 5 rings (SSSR count). The summed E-state index contributed by atoms with van der Waals surface area (Å²) in [6, 6.07) is 12.8. The topological polar surface area (TPSA) is 46.8 Å². The minimum absolute atomic E-state index is 0.0433. The molecule has 1 aliphatic carbocycles. The van der Waals surface area contributed by atoms with Gasteiger partial charge in [-0.3, -0.25) is 4.98 Å². The van der Waals surface area contributed by atoms with Crippen LogP contribution in [0, 0.1) is 5.92 Å².